The van der Waals surface area contributed by atoms with E-state index in [0.717, 1.165) is 53.9 Å². The first-order valence-electron chi connectivity index (χ1n) is 12.5. The molecule has 0 amide bonds. The number of carbonyl (C=O) groups excluding carboxylic acids is 1. The summed E-state index contributed by atoms with van der Waals surface area (Å²) in [7, 11) is 3.69. The molecule has 4 fully saturated rings. The van der Waals surface area contributed by atoms with Gasteiger partial charge in [-0.1, -0.05) is 0 Å². The van der Waals surface area contributed by atoms with Gasteiger partial charge < -0.3 is 9.64 Å². The van der Waals surface area contributed by atoms with Gasteiger partial charge in [0, 0.05) is 48.5 Å². The fourth-order valence-electron chi connectivity index (χ4n) is 6.10. The molecule has 3 aromatic rings. The van der Waals surface area contributed by atoms with E-state index in [4.69, 9.17) is 19.8 Å². The highest BCUT2D eigenvalue weighted by Gasteiger charge is 2.41. The predicted octanol–water partition coefficient (Wildman–Crippen LogP) is 3.39. The molecular formula is C26H30N6O2. The van der Waals surface area contributed by atoms with Gasteiger partial charge in [0.25, 0.3) is 0 Å². The van der Waals surface area contributed by atoms with E-state index in [2.05, 4.69) is 45.9 Å². The maximum atomic E-state index is 11.8. The van der Waals surface area contributed by atoms with Crippen molar-refractivity contribution < 1.29 is 9.53 Å². The molecule has 8 nitrogen and oxygen atoms in total. The second-order valence-electron chi connectivity index (χ2n) is 10.6. The number of rotatable bonds is 5. The van der Waals surface area contributed by atoms with Crippen LogP contribution in [0.4, 0.5) is 5.69 Å². The number of fused-ring (bicyclic) bond motifs is 3. The van der Waals surface area contributed by atoms with E-state index in [-0.39, 0.29) is 17.9 Å². The number of methoxy groups -OCH3 is 1. The van der Waals surface area contributed by atoms with Gasteiger partial charge in [-0.25, -0.2) is 4.98 Å². The summed E-state index contributed by atoms with van der Waals surface area (Å²) in [6.45, 7) is 2.22. The monoisotopic (exact) mass is 458 g/mol. The van der Waals surface area contributed by atoms with Crippen molar-refractivity contribution in [2.24, 2.45) is 5.92 Å². The van der Waals surface area contributed by atoms with Gasteiger partial charge in [-0.15, -0.1) is 0 Å². The van der Waals surface area contributed by atoms with Crippen molar-refractivity contribution in [1.82, 2.24) is 24.6 Å². The van der Waals surface area contributed by atoms with E-state index in [9.17, 15) is 4.79 Å². The van der Waals surface area contributed by atoms with Gasteiger partial charge in [-0.2, -0.15) is 5.10 Å². The number of piperazine rings is 1. The van der Waals surface area contributed by atoms with E-state index in [1.807, 2.05) is 6.20 Å². The minimum Gasteiger partial charge on any atom is -0.469 e. The van der Waals surface area contributed by atoms with Crippen LogP contribution in [-0.4, -0.2) is 69.9 Å². The zero-order valence-electron chi connectivity index (χ0n) is 19.7. The van der Waals surface area contributed by atoms with Crippen LogP contribution in [-0.2, 0) is 9.53 Å². The maximum absolute atomic E-state index is 11.8. The summed E-state index contributed by atoms with van der Waals surface area (Å²) in [5, 5.41) is 4.97. The fourth-order valence-corrected chi connectivity index (χ4v) is 6.10. The third kappa shape index (κ3) is 3.22. The number of nitrogens with zero attached hydrogens (tertiary/aromatic N) is 6. The molecule has 2 aliphatic heterocycles. The molecule has 0 unspecified atom stereocenters. The molecule has 1 aromatic carbocycles. The number of carbonyl (C=O) groups is 1. The average molecular weight is 459 g/mol. The van der Waals surface area contributed by atoms with Crippen LogP contribution in [0.5, 0.6) is 0 Å². The van der Waals surface area contributed by atoms with Gasteiger partial charge >= 0.3 is 5.97 Å². The first-order valence-corrected chi connectivity index (χ1v) is 12.5. The van der Waals surface area contributed by atoms with Crippen LogP contribution in [0, 0.1) is 5.92 Å². The Morgan fingerprint density at radius 2 is 1.91 bits per heavy atom. The summed E-state index contributed by atoms with van der Waals surface area (Å²) in [6, 6.07) is 8.01. The summed E-state index contributed by atoms with van der Waals surface area (Å²) < 4.78 is 6.96. The second-order valence-corrected chi connectivity index (χ2v) is 10.6. The molecule has 4 heterocycles. The molecule has 2 saturated heterocycles. The molecule has 2 aromatic heterocycles. The molecule has 2 atom stereocenters. The second kappa shape index (κ2) is 7.50. The lowest BCUT2D eigenvalue weighted by Gasteiger charge is -2.33. The van der Waals surface area contributed by atoms with Crippen molar-refractivity contribution in [3.8, 4) is 11.3 Å². The van der Waals surface area contributed by atoms with Crippen molar-refractivity contribution >= 4 is 22.7 Å². The summed E-state index contributed by atoms with van der Waals surface area (Å²) in [6.07, 6.45) is 9.20. The first kappa shape index (κ1) is 20.4. The highest BCUT2D eigenvalue weighted by molar-refractivity contribution is 5.81. The summed E-state index contributed by atoms with van der Waals surface area (Å²) >= 11 is 0. The standard InChI is InChI=1S/C26H30N6O2/c1-30-12-20-9-19(30)13-31(20)17-5-6-22-23(10-17)28-24(11-27-22)21-14-32(29-25(21)15-3-4-15)18-7-16(8-18)26(33)34-2/h5-6,10-11,14-16,18-20H,3-4,7-9,12-13H2,1-2H3/t16?,18?,19-,20-/m1/s1. The van der Waals surface area contributed by atoms with Crippen LogP contribution < -0.4 is 4.90 Å². The Labute approximate surface area is 198 Å². The lowest BCUT2D eigenvalue weighted by atomic mass is 9.80. The molecule has 7 rings (SSSR count). The van der Waals surface area contributed by atoms with Crippen LogP contribution in [0.25, 0.3) is 22.3 Å². The van der Waals surface area contributed by atoms with Crippen LogP contribution in [0.3, 0.4) is 0 Å². The normalized spacial score (nSPS) is 28.5. The van der Waals surface area contributed by atoms with Gasteiger partial charge in [-0.05, 0) is 57.4 Å². The number of benzene rings is 1. The SMILES string of the molecule is COC(=O)C1CC(n2cc(-c3cnc4ccc(N5C[C@H]6C[C@@H]5CN6C)cc4n3)c(C3CC3)n2)C1. The highest BCUT2D eigenvalue weighted by Crippen LogP contribution is 2.46. The Kier molecular flexibility index (Phi) is 4.50. The highest BCUT2D eigenvalue weighted by atomic mass is 16.5. The van der Waals surface area contributed by atoms with Gasteiger partial charge in [0.05, 0.1) is 47.7 Å². The Morgan fingerprint density at radius 3 is 2.62 bits per heavy atom. The number of likely N-dealkylation sites (N-methyl/N-ethyl adjacent to an activating group) is 1. The lowest BCUT2D eigenvalue weighted by molar-refractivity contribution is -0.149. The first-order chi connectivity index (χ1) is 16.6. The van der Waals surface area contributed by atoms with Crippen molar-refractivity contribution in [3.05, 3.63) is 36.3 Å². The van der Waals surface area contributed by atoms with E-state index in [1.54, 1.807) is 0 Å². The van der Waals surface area contributed by atoms with Gasteiger partial charge in [0.15, 0.2) is 0 Å². The molecule has 2 bridgehead atoms. The predicted molar refractivity (Wildman–Crippen MR) is 129 cm³/mol. The summed E-state index contributed by atoms with van der Waals surface area (Å²) in [5.74, 6) is 0.389. The van der Waals surface area contributed by atoms with E-state index < -0.39 is 0 Å². The molecule has 2 aliphatic carbocycles. The van der Waals surface area contributed by atoms with E-state index >= 15 is 0 Å². The number of hydrogen-bond donors (Lipinski definition) is 0. The number of esters is 1. The Morgan fingerprint density at radius 1 is 1.06 bits per heavy atom. The van der Waals surface area contributed by atoms with Gasteiger partial charge in [0.2, 0.25) is 0 Å². The molecular weight excluding hydrogens is 428 g/mol. The Balaban J connectivity index is 1.20. The third-order valence-electron chi connectivity index (χ3n) is 8.39. The largest absolute Gasteiger partial charge is 0.469 e. The fraction of sp³-hybridized carbons (Fsp3) is 0.538. The molecule has 0 N–H and O–H groups in total. The van der Waals surface area contributed by atoms with Gasteiger partial charge in [-0.3, -0.25) is 19.4 Å². The summed E-state index contributed by atoms with van der Waals surface area (Å²) in [4.78, 5) is 26.7. The minimum atomic E-state index is -0.111. The Hall–Kier alpha value is -3.00. The molecule has 0 spiro atoms. The Bertz CT molecular complexity index is 1280. The zero-order chi connectivity index (χ0) is 23.0. The van der Waals surface area contributed by atoms with Crippen LogP contribution in [0.1, 0.15) is 49.8 Å². The van der Waals surface area contributed by atoms with Crippen molar-refractivity contribution in [2.75, 3.05) is 32.1 Å². The number of likely N-dealkylation sites (tertiary alicyclic amines) is 1. The number of ether oxygens (including phenoxy) is 1. The van der Waals surface area contributed by atoms with E-state index in [0.29, 0.717) is 18.0 Å². The molecule has 0 radical (unpaired) electrons. The molecule has 176 valence electrons. The van der Waals surface area contributed by atoms with Crippen molar-refractivity contribution in [3.63, 3.8) is 0 Å². The molecule has 4 aliphatic rings. The summed E-state index contributed by atoms with van der Waals surface area (Å²) in [5.41, 5.74) is 6.23. The number of anilines is 1. The average Bonchev–Trinajstić information content (AvgIpc) is 3.28. The van der Waals surface area contributed by atoms with Gasteiger partial charge in [0.1, 0.15) is 0 Å². The van der Waals surface area contributed by atoms with Crippen LogP contribution in [0.15, 0.2) is 30.6 Å². The van der Waals surface area contributed by atoms with Crippen LogP contribution in [0.2, 0.25) is 0 Å². The lowest BCUT2D eigenvalue weighted by Crippen LogP contribution is -2.44. The molecule has 8 heteroatoms. The third-order valence-corrected chi connectivity index (χ3v) is 8.39. The molecule has 2 saturated carbocycles. The topological polar surface area (TPSA) is 76.4 Å². The van der Waals surface area contributed by atoms with E-state index in [1.165, 1.54) is 32.1 Å². The maximum Gasteiger partial charge on any atom is 0.308 e. The minimum absolute atomic E-state index is 0.00783. The number of hydrogen-bond acceptors (Lipinski definition) is 7. The van der Waals surface area contributed by atoms with Crippen molar-refractivity contribution in [1.29, 1.82) is 0 Å². The van der Waals surface area contributed by atoms with Crippen LogP contribution >= 0.6 is 0 Å². The number of aromatic nitrogens is 4. The zero-order valence-corrected chi connectivity index (χ0v) is 19.7. The van der Waals surface area contributed by atoms with Crippen molar-refractivity contribution in [2.45, 2.75) is 56.1 Å². The molecule has 34 heavy (non-hydrogen) atoms. The quantitative estimate of drug-likeness (QED) is 0.543. The smallest absolute Gasteiger partial charge is 0.308 e.